The smallest absolute Gasteiger partial charge is 0.135 e. The molecule has 6 nitrogen and oxygen atoms in total. The van der Waals surface area contributed by atoms with Crippen molar-refractivity contribution in [3.8, 4) is 0 Å². The number of hydrogen-bond acceptors (Lipinski definition) is 5. The summed E-state index contributed by atoms with van der Waals surface area (Å²) >= 11 is 0. The van der Waals surface area contributed by atoms with Gasteiger partial charge in [0.15, 0.2) is 0 Å². The van der Waals surface area contributed by atoms with Crippen molar-refractivity contribution in [2.24, 2.45) is 13.0 Å². The molecule has 2 atom stereocenters. The summed E-state index contributed by atoms with van der Waals surface area (Å²) < 4.78 is 1.84. The molecule has 1 aliphatic heterocycles. The van der Waals surface area contributed by atoms with Crippen LogP contribution in [0.5, 0.6) is 0 Å². The predicted molar refractivity (Wildman–Crippen MR) is 92.1 cm³/mol. The Balaban J connectivity index is 1.67. The minimum Gasteiger partial charge on any atom is -0.396 e. The number of rotatable bonds is 3. The summed E-state index contributed by atoms with van der Waals surface area (Å²) in [6, 6.07) is 0. The minimum atomic E-state index is 0.197. The molecule has 128 valence electrons. The molecule has 2 aliphatic rings. The topological polar surface area (TPSA) is 67.1 Å². The summed E-state index contributed by atoms with van der Waals surface area (Å²) in [7, 11) is 1.94. The second kappa shape index (κ2) is 6.16. The molecule has 3 heterocycles. The van der Waals surface area contributed by atoms with Gasteiger partial charge in [0.05, 0.1) is 6.20 Å². The van der Waals surface area contributed by atoms with E-state index in [-0.39, 0.29) is 12.5 Å². The molecular formula is C18H25N5O. The van der Waals surface area contributed by atoms with Crippen molar-refractivity contribution >= 4 is 5.82 Å². The third-order valence-electron chi connectivity index (χ3n) is 5.40. The monoisotopic (exact) mass is 327 g/mol. The van der Waals surface area contributed by atoms with Crippen LogP contribution in [0.25, 0.3) is 0 Å². The van der Waals surface area contributed by atoms with Crippen LogP contribution in [-0.4, -0.2) is 44.6 Å². The molecule has 0 amide bonds. The number of aryl methyl sites for hydroxylation is 3. The van der Waals surface area contributed by atoms with Crippen LogP contribution < -0.4 is 4.90 Å². The fourth-order valence-corrected chi connectivity index (χ4v) is 4.19. The Morgan fingerprint density at radius 3 is 2.79 bits per heavy atom. The van der Waals surface area contributed by atoms with Crippen molar-refractivity contribution in [1.82, 2.24) is 19.7 Å². The second-order valence-corrected chi connectivity index (χ2v) is 7.13. The number of hydrogen-bond donors (Lipinski definition) is 1. The van der Waals surface area contributed by atoms with Gasteiger partial charge < -0.3 is 10.0 Å². The van der Waals surface area contributed by atoms with E-state index in [1.807, 2.05) is 24.9 Å². The van der Waals surface area contributed by atoms with Crippen molar-refractivity contribution in [2.45, 2.75) is 38.5 Å². The summed E-state index contributed by atoms with van der Waals surface area (Å²) in [6.45, 7) is 3.91. The molecule has 0 spiro atoms. The maximum Gasteiger partial charge on any atom is 0.135 e. The Bertz CT molecular complexity index is 741. The Hall–Kier alpha value is -1.95. The average molecular weight is 327 g/mol. The van der Waals surface area contributed by atoms with Crippen LogP contribution in [0.15, 0.2) is 12.4 Å². The van der Waals surface area contributed by atoms with Crippen LogP contribution in [-0.2, 0) is 19.9 Å². The highest BCUT2D eigenvalue weighted by Gasteiger charge is 2.36. The fraction of sp³-hybridized carbons (Fsp3) is 0.611. The lowest BCUT2D eigenvalue weighted by atomic mass is 9.92. The molecule has 6 heteroatoms. The molecule has 2 aromatic heterocycles. The van der Waals surface area contributed by atoms with Gasteiger partial charge in [0.25, 0.3) is 0 Å². The van der Waals surface area contributed by atoms with Gasteiger partial charge in [0, 0.05) is 56.0 Å². The Kier molecular flexibility index (Phi) is 4.00. The SMILES string of the molecule is Cc1nc2c(c(N3C[C@@H](CO)[C@H](c4cnn(C)c4)C3)n1)CCCC2. The van der Waals surface area contributed by atoms with Crippen LogP contribution in [0.3, 0.4) is 0 Å². The van der Waals surface area contributed by atoms with E-state index in [4.69, 9.17) is 4.98 Å². The fourth-order valence-electron chi connectivity index (χ4n) is 4.19. The van der Waals surface area contributed by atoms with Crippen molar-refractivity contribution in [3.63, 3.8) is 0 Å². The number of aliphatic hydroxyl groups is 1. The van der Waals surface area contributed by atoms with E-state index in [2.05, 4.69) is 21.2 Å². The van der Waals surface area contributed by atoms with E-state index in [1.54, 1.807) is 0 Å². The molecule has 24 heavy (non-hydrogen) atoms. The summed E-state index contributed by atoms with van der Waals surface area (Å²) in [5, 5.41) is 14.2. The van der Waals surface area contributed by atoms with Crippen molar-refractivity contribution in [1.29, 1.82) is 0 Å². The Morgan fingerprint density at radius 2 is 2.04 bits per heavy atom. The van der Waals surface area contributed by atoms with Crippen molar-refractivity contribution in [3.05, 3.63) is 35.0 Å². The minimum absolute atomic E-state index is 0.197. The molecule has 0 saturated carbocycles. The van der Waals surface area contributed by atoms with Crippen molar-refractivity contribution in [2.75, 3.05) is 24.6 Å². The van der Waals surface area contributed by atoms with Crippen LogP contribution in [0, 0.1) is 12.8 Å². The van der Waals surface area contributed by atoms with E-state index in [0.717, 1.165) is 37.6 Å². The molecular weight excluding hydrogens is 302 g/mol. The molecule has 1 fully saturated rings. The normalized spacial score (nSPS) is 23.5. The summed E-state index contributed by atoms with van der Waals surface area (Å²) in [5.41, 5.74) is 3.77. The summed E-state index contributed by atoms with van der Waals surface area (Å²) in [6.07, 6.45) is 8.57. The van der Waals surface area contributed by atoms with Crippen molar-refractivity contribution < 1.29 is 5.11 Å². The first kappa shape index (κ1) is 15.6. The Morgan fingerprint density at radius 1 is 1.21 bits per heavy atom. The number of fused-ring (bicyclic) bond motifs is 1. The molecule has 0 radical (unpaired) electrons. The first-order valence-corrected chi connectivity index (χ1v) is 8.86. The van der Waals surface area contributed by atoms with Crippen LogP contribution in [0.4, 0.5) is 5.82 Å². The average Bonchev–Trinajstić information content (AvgIpc) is 3.19. The molecule has 1 aliphatic carbocycles. The van der Waals surface area contributed by atoms with E-state index in [1.165, 1.54) is 29.7 Å². The van der Waals surface area contributed by atoms with Gasteiger partial charge in [0.2, 0.25) is 0 Å². The van der Waals surface area contributed by atoms with Gasteiger partial charge in [0.1, 0.15) is 11.6 Å². The molecule has 1 N–H and O–H groups in total. The van der Waals surface area contributed by atoms with E-state index in [0.29, 0.717) is 5.92 Å². The zero-order chi connectivity index (χ0) is 16.7. The van der Waals surface area contributed by atoms with Gasteiger partial charge in [-0.3, -0.25) is 4.68 Å². The van der Waals surface area contributed by atoms with Gasteiger partial charge >= 0.3 is 0 Å². The second-order valence-electron chi connectivity index (χ2n) is 7.13. The number of nitrogens with zero attached hydrogens (tertiary/aromatic N) is 5. The highest BCUT2D eigenvalue weighted by molar-refractivity contribution is 5.52. The predicted octanol–water partition coefficient (Wildman–Crippen LogP) is 1.61. The number of aliphatic hydroxyl groups excluding tert-OH is 1. The summed E-state index contributed by atoms with van der Waals surface area (Å²) in [5.74, 6) is 2.49. The first-order chi connectivity index (χ1) is 11.7. The van der Waals surface area contributed by atoms with Gasteiger partial charge in [-0.05, 0) is 38.2 Å². The maximum atomic E-state index is 9.88. The number of anilines is 1. The Labute approximate surface area is 142 Å². The van der Waals surface area contributed by atoms with Gasteiger partial charge in [-0.1, -0.05) is 0 Å². The maximum absolute atomic E-state index is 9.88. The zero-order valence-electron chi connectivity index (χ0n) is 14.4. The van der Waals surface area contributed by atoms with Gasteiger partial charge in [-0.15, -0.1) is 0 Å². The van der Waals surface area contributed by atoms with Gasteiger partial charge in [-0.25, -0.2) is 9.97 Å². The molecule has 0 bridgehead atoms. The number of aromatic nitrogens is 4. The third kappa shape index (κ3) is 2.69. The van der Waals surface area contributed by atoms with Crippen LogP contribution in [0.2, 0.25) is 0 Å². The first-order valence-electron chi connectivity index (χ1n) is 8.86. The van der Waals surface area contributed by atoms with E-state index < -0.39 is 0 Å². The lowest BCUT2D eigenvalue weighted by Crippen LogP contribution is -2.25. The molecule has 0 unspecified atom stereocenters. The summed E-state index contributed by atoms with van der Waals surface area (Å²) in [4.78, 5) is 11.8. The molecule has 4 rings (SSSR count). The van der Waals surface area contributed by atoms with E-state index >= 15 is 0 Å². The van der Waals surface area contributed by atoms with Crippen LogP contribution >= 0.6 is 0 Å². The largest absolute Gasteiger partial charge is 0.396 e. The van der Waals surface area contributed by atoms with E-state index in [9.17, 15) is 5.11 Å². The highest BCUT2D eigenvalue weighted by atomic mass is 16.3. The zero-order valence-corrected chi connectivity index (χ0v) is 14.4. The third-order valence-corrected chi connectivity index (χ3v) is 5.40. The lowest BCUT2D eigenvalue weighted by Gasteiger charge is -2.25. The quantitative estimate of drug-likeness (QED) is 0.928. The molecule has 2 aromatic rings. The standard InChI is InChI=1S/C18H25N5O/c1-12-20-17-6-4-3-5-15(17)18(21-12)23-9-14(11-24)16(10-23)13-7-19-22(2)8-13/h7-8,14,16,24H,3-6,9-11H2,1-2H3/t14-,16-/m0/s1. The van der Waals surface area contributed by atoms with Gasteiger partial charge in [-0.2, -0.15) is 5.10 Å². The lowest BCUT2D eigenvalue weighted by molar-refractivity contribution is 0.227. The highest BCUT2D eigenvalue weighted by Crippen LogP contribution is 2.37. The van der Waals surface area contributed by atoms with Crippen LogP contribution in [0.1, 0.15) is 41.4 Å². The molecule has 0 aromatic carbocycles. The molecule has 1 saturated heterocycles.